The second kappa shape index (κ2) is 4.71. The highest BCUT2D eigenvalue weighted by Gasteiger charge is 2.09. The summed E-state index contributed by atoms with van der Waals surface area (Å²) in [6, 6.07) is 6.29. The van der Waals surface area contributed by atoms with Crippen LogP contribution in [0.3, 0.4) is 0 Å². The van der Waals surface area contributed by atoms with Crippen LogP contribution in [-0.2, 0) is 4.89 Å². The Bertz CT molecular complexity index is 277. The molecule has 5 heteroatoms. The molecule has 1 aromatic rings. The average Bonchev–Trinajstić information content (AvgIpc) is 2.04. The lowest BCUT2D eigenvalue weighted by Gasteiger charge is -1.97. The standard InChI is InChI=1S/C7H5ClO3.H3N/c8-6-4-2-1-3-5(6)7(9)11-10;/h1-4,10H;1H3. The number of hydrogen-bond donors (Lipinski definition) is 2. The summed E-state index contributed by atoms with van der Waals surface area (Å²) in [5, 5.41) is 8.26. The number of benzene rings is 1. The van der Waals surface area contributed by atoms with Crippen molar-refractivity contribution < 1.29 is 14.9 Å². The van der Waals surface area contributed by atoms with Crippen molar-refractivity contribution in [3.8, 4) is 0 Å². The van der Waals surface area contributed by atoms with Crippen LogP contribution in [0.4, 0.5) is 0 Å². The highest BCUT2D eigenvalue weighted by atomic mass is 35.5. The van der Waals surface area contributed by atoms with E-state index in [-0.39, 0.29) is 16.7 Å². The van der Waals surface area contributed by atoms with Crippen LogP contribution in [0.5, 0.6) is 0 Å². The minimum absolute atomic E-state index is 0. The maximum absolute atomic E-state index is 10.7. The largest absolute Gasteiger partial charge is 0.374 e. The Morgan fingerprint density at radius 1 is 1.42 bits per heavy atom. The Kier molecular flexibility index (Phi) is 4.28. The Balaban J connectivity index is 0.00000121. The topological polar surface area (TPSA) is 81.5 Å². The summed E-state index contributed by atoms with van der Waals surface area (Å²) in [4.78, 5) is 14.2. The van der Waals surface area contributed by atoms with Crippen molar-refractivity contribution in [1.29, 1.82) is 0 Å². The predicted octanol–water partition coefficient (Wildman–Crippen LogP) is 2.13. The fourth-order valence-corrected chi connectivity index (χ4v) is 0.889. The van der Waals surface area contributed by atoms with Gasteiger partial charge in [0.2, 0.25) is 0 Å². The Morgan fingerprint density at radius 2 is 2.00 bits per heavy atom. The third kappa shape index (κ3) is 2.20. The van der Waals surface area contributed by atoms with E-state index in [2.05, 4.69) is 4.89 Å². The van der Waals surface area contributed by atoms with Crippen molar-refractivity contribution in [1.82, 2.24) is 6.15 Å². The molecule has 0 amide bonds. The van der Waals surface area contributed by atoms with Gasteiger partial charge in [-0.15, -0.1) is 0 Å². The normalized spacial score (nSPS) is 8.50. The zero-order valence-electron chi connectivity index (χ0n) is 6.16. The van der Waals surface area contributed by atoms with Gasteiger partial charge in [0.05, 0.1) is 10.6 Å². The summed E-state index contributed by atoms with van der Waals surface area (Å²) in [5.74, 6) is -0.851. The van der Waals surface area contributed by atoms with Crippen LogP contribution in [0, 0.1) is 0 Å². The second-order valence-corrected chi connectivity index (χ2v) is 2.27. The zero-order chi connectivity index (χ0) is 8.27. The van der Waals surface area contributed by atoms with Gasteiger partial charge in [-0.25, -0.2) is 4.79 Å². The van der Waals surface area contributed by atoms with Crippen LogP contribution in [0.25, 0.3) is 0 Å². The lowest BCUT2D eigenvalue weighted by Crippen LogP contribution is -2.01. The molecule has 0 aliphatic heterocycles. The smallest absolute Gasteiger partial charge is 0.344 e. The molecule has 0 saturated heterocycles. The molecule has 66 valence electrons. The summed E-state index contributed by atoms with van der Waals surface area (Å²) < 4.78 is 0. The van der Waals surface area contributed by atoms with Gasteiger partial charge in [0.25, 0.3) is 0 Å². The van der Waals surface area contributed by atoms with Crippen LogP contribution in [0.2, 0.25) is 5.02 Å². The van der Waals surface area contributed by atoms with E-state index in [0.717, 1.165) is 0 Å². The fraction of sp³-hybridized carbons (Fsp3) is 0. The fourth-order valence-electron chi connectivity index (χ4n) is 0.676. The van der Waals surface area contributed by atoms with Crippen LogP contribution in [0.15, 0.2) is 24.3 Å². The molecule has 0 radical (unpaired) electrons. The van der Waals surface area contributed by atoms with Crippen LogP contribution >= 0.6 is 11.6 Å². The van der Waals surface area contributed by atoms with E-state index in [1.807, 2.05) is 0 Å². The van der Waals surface area contributed by atoms with E-state index >= 15 is 0 Å². The first-order valence-corrected chi connectivity index (χ1v) is 3.24. The average molecular weight is 190 g/mol. The van der Waals surface area contributed by atoms with E-state index in [0.29, 0.717) is 0 Å². The maximum atomic E-state index is 10.7. The third-order valence-electron chi connectivity index (χ3n) is 1.18. The molecule has 0 aliphatic rings. The molecule has 0 aliphatic carbocycles. The summed E-state index contributed by atoms with van der Waals surface area (Å²) in [6.07, 6.45) is 0. The first kappa shape index (κ1) is 10.9. The first-order valence-electron chi connectivity index (χ1n) is 2.86. The minimum atomic E-state index is -0.851. The molecule has 4 nitrogen and oxygen atoms in total. The van der Waals surface area contributed by atoms with Crippen LogP contribution in [-0.4, -0.2) is 11.2 Å². The molecule has 0 saturated carbocycles. The molecule has 12 heavy (non-hydrogen) atoms. The summed E-state index contributed by atoms with van der Waals surface area (Å²) >= 11 is 5.59. The van der Waals surface area contributed by atoms with E-state index in [1.165, 1.54) is 12.1 Å². The second-order valence-electron chi connectivity index (χ2n) is 1.86. The van der Waals surface area contributed by atoms with Gasteiger partial charge in [-0.05, 0) is 12.1 Å². The summed E-state index contributed by atoms with van der Waals surface area (Å²) in [5.41, 5.74) is 0.150. The Hall–Kier alpha value is -1.10. The SMILES string of the molecule is N.O=C(OO)c1ccccc1Cl. The molecule has 1 aromatic carbocycles. The first-order chi connectivity index (χ1) is 5.25. The molecule has 0 spiro atoms. The highest BCUT2D eigenvalue weighted by molar-refractivity contribution is 6.33. The number of hydrogen-bond acceptors (Lipinski definition) is 4. The van der Waals surface area contributed by atoms with Gasteiger partial charge in [-0.1, -0.05) is 23.7 Å². The number of carbonyl (C=O) groups excluding carboxylic acids is 1. The molecule has 0 atom stereocenters. The molecule has 4 N–H and O–H groups in total. The van der Waals surface area contributed by atoms with Crippen LogP contribution in [0.1, 0.15) is 10.4 Å². The lowest BCUT2D eigenvalue weighted by molar-refractivity contribution is -0.182. The van der Waals surface area contributed by atoms with Gasteiger partial charge in [0, 0.05) is 0 Å². The van der Waals surface area contributed by atoms with E-state index in [4.69, 9.17) is 16.9 Å². The van der Waals surface area contributed by atoms with E-state index < -0.39 is 5.97 Å². The molecule has 0 bridgehead atoms. The van der Waals surface area contributed by atoms with Gasteiger partial charge in [0.1, 0.15) is 0 Å². The summed E-state index contributed by atoms with van der Waals surface area (Å²) in [7, 11) is 0. The van der Waals surface area contributed by atoms with E-state index in [9.17, 15) is 4.79 Å². The Morgan fingerprint density at radius 3 is 2.50 bits per heavy atom. The monoisotopic (exact) mass is 189 g/mol. The Labute approximate surface area is 74.2 Å². The van der Waals surface area contributed by atoms with Gasteiger partial charge in [-0.3, -0.25) is 4.89 Å². The highest BCUT2D eigenvalue weighted by Crippen LogP contribution is 2.14. The van der Waals surface area contributed by atoms with Crippen molar-refractivity contribution in [3.05, 3.63) is 34.9 Å². The number of carbonyl (C=O) groups is 1. The molecular formula is C7H8ClNO3. The van der Waals surface area contributed by atoms with Gasteiger partial charge in [-0.2, -0.15) is 5.26 Å². The molecule has 0 unspecified atom stereocenters. The van der Waals surface area contributed by atoms with Crippen LogP contribution < -0.4 is 6.15 Å². The van der Waals surface area contributed by atoms with Crippen molar-refractivity contribution >= 4 is 17.6 Å². The third-order valence-corrected chi connectivity index (χ3v) is 1.51. The van der Waals surface area contributed by atoms with Gasteiger partial charge < -0.3 is 6.15 Å². The number of rotatable bonds is 1. The molecule has 0 fully saturated rings. The lowest BCUT2D eigenvalue weighted by atomic mass is 10.2. The van der Waals surface area contributed by atoms with Crippen molar-refractivity contribution in [2.24, 2.45) is 0 Å². The molecular weight excluding hydrogens is 182 g/mol. The molecule has 0 heterocycles. The minimum Gasteiger partial charge on any atom is -0.344 e. The maximum Gasteiger partial charge on any atom is 0.374 e. The van der Waals surface area contributed by atoms with E-state index in [1.54, 1.807) is 12.1 Å². The zero-order valence-corrected chi connectivity index (χ0v) is 6.91. The van der Waals surface area contributed by atoms with Crippen molar-refractivity contribution in [3.63, 3.8) is 0 Å². The molecule has 0 aromatic heterocycles. The van der Waals surface area contributed by atoms with Gasteiger partial charge in [0.15, 0.2) is 0 Å². The number of halogens is 1. The quantitative estimate of drug-likeness (QED) is 0.524. The van der Waals surface area contributed by atoms with Crippen molar-refractivity contribution in [2.75, 3.05) is 0 Å². The van der Waals surface area contributed by atoms with Gasteiger partial charge >= 0.3 is 5.97 Å². The van der Waals surface area contributed by atoms with Crippen molar-refractivity contribution in [2.45, 2.75) is 0 Å². The summed E-state index contributed by atoms with van der Waals surface area (Å²) in [6.45, 7) is 0. The molecule has 1 rings (SSSR count). The predicted molar refractivity (Wildman–Crippen MR) is 44.5 cm³/mol.